The van der Waals surface area contributed by atoms with Crippen LogP contribution in [0.3, 0.4) is 0 Å². The highest BCUT2D eigenvalue weighted by Crippen LogP contribution is 2.64. The quantitative estimate of drug-likeness (QED) is 0.447. The van der Waals surface area contributed by atoms with Gasteiger partial charge in [-0.05, 0) is 111 Å². The lowest BCUT2D eigenvalue weighted by Crippen LogP contribution is -2.36. The summed E-state index contributed by atoms with van der Waals surface area (Å²) in [4.78, 5) is 2.66. The fourth-order valence-electron chi connectivity index (χ4n) is 11.0. The molecule has 1 saturated heterocycles. The summed E-state index contributed by atoms with van der Waals surface area (Å²) in [5, 5.41) is 9.44. The maximum absolute atomic E-state index is 6.58. The SMILES string of the molecule is C=CN1C2CCCCC2C2CC(c3nnc(C4CCC5C6CCCCC6C(C)(C)C5C4)o3)CCC21. The average Bonchev–Trinajstić information content (AvgIpc) is 3.56. The van der Waals surface area contributed by atoms with E-state index in [4.69, 9.17) is 14.6 Å². The molecule has 1 aromatic heterocycles. The van der Waals surface area contributed by atoms with Crippen LogP contribution >= 0.6 is 0 Å². The fraction of sp³-hybridized carbons (Fsp3) is 0.871. The van der Waals surface area contributed by atoms with Crippen LogP contribution in [0.4, 0.5) is 0 Å². The second-order valence-corrected chi connectivity index (χ2v) is 14.0. The Morgan fingerprint density at radius 3 is 2.14 bits per heavy atom. The zero-order valence-corrected chi connectivity index (χ0v) is 22.2. The molecule has 0 N–H and O–H groups in total. The Hall–Kier alpha value is -1.32. The predicted octanol–water partition coefficient (Wildman–Crippen LogP) is 7.69. The van der Waals surface area contributed by atoms with Gasteiger partial charge in [0.1, 0.15) is 0 Å². The van der Waals surface area contributed by atoms with E-state index in [2.05, 4.69) is 31.5 Å². The van der Waals surface area contributed by atoms with E-state index in [0.29, 0.717) is 23.3 Å². The Morgan fingerprint density at radius 2 is 1.34 bits per heavy atom. The zero-order valence-electron chi connectivity index (χ0n) is 22.2. The molecule has 0 amide bonds. The molecule has 0 radical (unpaired) electrons. The van der Waals surface area contributed by atoms with Crippen LogP contribution in [0, 0.1) is 40.9 Å². The Labute approximate surface area is 212 Å². The van der Waals surface area contributed by atoms with Gasteiger partial charge < -0.3 is 9.32 Å². The number of hydrogen-bond acceptors (Lipinski definition) is 4. The van der Waals surface area contributed by atoms with E-state index in [-0.39, 0.29) is 0 Å². The van der Waals surface area contributed by atoms with E-state index >= 15 is 0 Å². The molecule has 4 nitrogen and oxygen atoms in total. The van der Waals surface area contributed by atoms with Crippen molar-refractivity contribution in [3.8, 4) is 0 Å². The van der Waals surface area contributed by atoms with Crippen molar-refractivity contribution in [2.75, 3.05) is 0 Å². The van der Waals surface area contributed by atoms with Gasteiger partial charge >= 0.3 is 0 Å². The number of likely N-dealkylation sites (tertiary alicyclic amines) is 1. The number of rotatable bonds is 3. The van der Waals surface area contributed by atoms with Crippen molar-refractivity contribution in [2.45, 2.75) is 128 Å². The third-order valence-electron chi connectivity index (χ3n) is 12.5. The number of fused-ring (bicyclic) bond motifs is 6. The summed E-state index contributed by atoms with van der Waals surface area (Å²) in [6, 6.07) is 1.43. The maximum atomic E-state index is 6.58. The lowest BCUT2D eigenvalue weighted by atomic mass is 9.66. The summed E-state index contributed by atoms with van der Waals surface area (Å²) in [5.41, 5.74) is 0.478. The first-order chi connectivity index (χ1) is 17.1. The summed E-state index contributed by atoms with van der Waals surface area (Å²) in [5.74, 6) is 8.24. The lowest BCUT2D eigenvalue weighted by Gasteiger charge is -2.39. The highest BCUT2D eigenvalue weighted by molar-refractivity contribution is 5.11. The lowest BCUT2D eigenvalue weighted by molar-refractivity contribution is 0.112. The molecule has 0 spiro atoms. The van der Waals surface area contributed by atoms with Gasteiger partial charge in [-0.1, -0.05) is 46.1 Å². The van der Waals surface area contributed by atoms with Crippen molar-refractivity contribution < 1.29 is 4.42 Å². The van der Waals surface area contributed by atoms with E-state index in [1.807, 2.05) is 0 Å². The van der Waals surface area contributed by atoms with E-state index < -0.39 is 0 Å². The Balaban J connectivity index is 1.06. The second kappa shape index (κ2) is 8.62. The molecule has 192 valence electrons. The van der Waals surface area contributed by atoms with Crippen LogP contribution < -0.4 is 0 Å². The normalized spacial score (nSPS) is 46.4. The highest BCUT2D eigenvalue weighted by atomic mass is 16.4. The maximum Gasteiger partial charge on any atom is 0.219 e. The van der Waals surface area contributed by atoms with Gasteiger partial charge in [0.15, 0.2) is 0 Å². The van der Waals surface area contributed by atoms with Crippen molar-refractivity contribution >= 4 is 0 Å². The molecule has 4 heteroatoms. The van der Waals surface area contributed by atoms with Crippen LogP contribution in [0.5, 0.6) is 0 Å². The third-order valence-corrected chi connectivity index (χ3v) is 12.5. The Morgan fingerprint density at radius 1 is 0.714 bits per heavy atom. The standard InChI is InChI=1S/C31H47N3O/c1-4-34-27-12-8-6-10-23(27)24-17-19(14-16-28(24)34)29-32-33-30(35-29)20-13-15-22-21-9-5-7-11-25(21)31(2,3)26(22)18-20/h4,19-28H,1,5-18H2,2-3H3. The van der Waals surface area contributed by atoms with Crippen LogP contribution in [0.25, 0.3) is 0 Å². The molecule has 2 heterocycles. The first-order valence-corrected chi connectivity index (χ1v) is 15.3. The Kier molecular flexibility index (Phi) is 5.63. The molecule has 6 aliphatic rings. The predicted molar refractivity (Wildman–Crippen MR) is 139 cm³/mol. The van der Waals surface area contributed by atoms with Crippen molar-refractivity contribution in [1.29, 1.82) is 0 Å². The van der Waals surface area contributed by atoms with Crippen molar-refractivity contribution in [1.82, 2.24) is 15.1 Å². The number of nitrogens with zero attached hydrogens (tertiary/aromatic N) is 3. The van der Waals surface area contributed by atoms with Gasteiger partial charge in [-0.15, -0.1) is 10.2 Å². The smallest absolute Gasteiger partial charge is 0.219 e. The highest BCUT2D eigenvalue weighted by Gasteiger charge is 2.57. The van der Waals surface area contributed by atoms with Crippen LogP contribution in [0.1, 0.15) is 127 Å². The first-order valence-electron chi connectivity index (χ1n) is 15.3. The summed E-state index contributed by atoms with van der Waals surface area (Å²) < 4.78 is 6.58. The molecular formula is C31H47N3O. The minimum atomic E-state index is 0.465. The molecule has 0 aromatic carbocycles. The largest absolute Gasteiger partial charge is 0.425 e. The van der Waals surface area contributed by atoms with E-state index in [1.165, 1.54) is 89.9 Å². The van der Waals surface area contributed by atoms with Crippen molar-refractivity contribution in [3.05, 3.63) is 24.6 Å². The van der Waals surface area contributed by atoms with Crippen molar-refractivity contribution in [3.63, 3.8) is 0 Å². The summed E-state index contributed by atoms with van der Waals surface area (Å²) in [7, 11) is 0. The minimum absolute atomic E-state index is 0.465. The van der Waals surface area contributed by atoms with Crippen molar-refractivity contribution in [2.24, 2.45) is 40.9 Å². The molecule has 5 aliphatic carbocycles. The fourth-order valence-corrected chi connectivity index (χ4v) is 11.0. The summed E-state index contributed by atoms with van der Waals surface area (Å²) in [6.07, 6.45) is 21.2. The van der Waals surface area contributed by atoms with E-state index in [0.717, 1.165) is 53.3 Å². The van der Waals surface area contributed by atoms with Gasteiger partial charge in [-0.25, -0.2) is 0 Å². The number of aromatic nitrogens is 2. The molecule has 5 saturated carbocycles. The molecule has 10 atom stereocenters. The molecule has 7 rings (SSSR count). The molecule has 1 aliphatic heterocycles. The minimum Gasteiger partial charge on any atom is -0.425 e. The topological polar surface area (TPSA) is 42.2 Å². The second-order valence-electron chi connectivity index (χ2n) is 14.0. The monoisotopic (exact) mass is 477 g/mol. The van der Waals surface area contributed by atoms with Crippen LogP contribution in [0.2, 0.25) is 0 Å². The van der Waals surface area contributed by atoms with Gasteiger partial charge in [0.05, 0.1) is 0 Å². The number of hydrogen-bond donors (Lipinski definition) is 0. The van der Waals surface area contributed by atoms with Gasteiger partial charge in [-0.2, -0.15) is 0 Å². The Bertz CT molecular complexity index is 937. The van der Waals surface area contributed by atoms with Gasteiger partial charge in [-0.3, -0.25) is 0 Å². The van der Waals surface area contributed by atoms with Crippen LogP contribution in [-0.4, -0.2) is 27.2 Å². The molecular weight excluding hydrogens is 430 g/mol. The molecule has 35 heavy (non-hydrogen) atoms. The van der Waals surface area contributed by atoms with Gasteiger partial charge in [0.2, 0.25) is 11.8 Å². The molecule has 1 aromatic rings. The molecule has 10 unspecified atom stereocenters. The summed E-state index contributed by atoms with van der Waals surface area (Å²) >= 11 is 0. The van der Waals surface area contributed by atoms with Gasteiger partial charge in [0.25, 0.3) is 0 Å². The summed E-state index contributed by atoms with van der Waals surface area (Å²) in [6.45, 7) is 9.38. The molecule has 6 fully saturated rings. The zero-order chi connectivity index (χ0) is 23.7. The molecule has 0 bridgehead atoms. The first kappa shape index (κ1) is 22.8. The average molecular weight is 478 g/mol. The van der Waals surface area contributed by atoms with E-state index in [9.17, 15) is 0 Å². The van der Waals surface area contributed by atoms with Crippen LogP contribution in [-0.2, 0) is 0 Å². The van der Waals surface area contributed by atoms with E-state index in [1.54, 1.807) is 0 Å². The van der Waals surface area contributed by atoms with Crippen LogP contribution in [0.15, 0.2) is 17.2 Å². The van der Waals surface area contributed by atoms with Gasteiger partial charge in [0, 0.05) is 23.9 Å². The third kappa shape index (κ3) is 3.51.